The average Bonchev–Trinajstić information content (AvgIpc) is 2.40. The molecule has 0 amide bonds. The van der Waals surface area contributed by atoms with E-state index in [1.165, 1.54) is 13.3 Å². The summed E-state index contributed by atoms with van der Waals surface area (Å²) in [6.45, 7) is -0.252. The molecule has 1 aromatic carbocycles. The Morgan fingerprint density at radius 2 is 2.15 bits per heavy atom. The van der Waals surface area contributed by atoms with Crippen LogP contribution in [-0.4, -0.2) is 17.2 Å². The third kappa shape index (κ3) is 3.15. The summed E-state index contributed by atoms with van der Waals surface area (Å²) < 4.78 is 11.5. The van der Waals surface area contributed by atoms with Gasteiger partial charge >= 0.3 is 0 Å². The molecule has 2 aromatic rings. The molecule has 0 saturated carbocycles. The Morgan fingerprint density at radius 3 is 2.75 bits per heavy atom. The smallest absolute Gasteiger partial charge is 0.240 e. The van der Waals surface area contributed by atoms with E-state index in [-0.39, 0.29) is 18.2 Å². The van der Waals surface area contributed by atoms with Crippen molar-refractivity contribution in [1.82, 2.24) is 4.98 Å². The Morgan fingerprint density at radius 1 is 1.40 bits per heavy atom. The van der Waals surface area contributed by atoms with Crippen LogP contribution < -0.4 is 15.2 Å². The van der Waals surface area contributed by atoms with Crippen molar-refractivity contribution in [2.24, 2.45) is 0 Å². The summed E-state index contributed by atoms with van der Waals surface area (Å²) in [6, 6.07) is 5.11. The minimum Gasteiger partial charge on any atom is -0.479 e. The number of nitrogens with zero attached hydrogens (tertiary/aromatic N) is 1. The summed E-state index contributed by atoms with van der Waals surface area (Å²) in [5.41, 5.74) is 6.60. The molecule has 0 aliphatic rings. The van der Waals surface area contributed by atoms with Gasteiger partial charge in [-0.3, -0.25) is 0 Å². The van der Waals surface area contributed by atoms with Gasteiger partial charge in [0.2, 0.25) is 5.88 Å². The Bertz CT molecular complexity index is 617. The van der Waals surface area contributed by atoms with Crippen LogP contribution in [0.1, 0.15) is 5.56 Å². The topological polar surface area (TPSA) is 77.6 Å². The number of halogens is 2. The number of nitrogens with two attached hydrogens (primary N) is 1. The normalized spacial score (nSPS) is 10.4. The fraction of sp³-hybridized carbons (Fsp3) is 0.154. The molecule has 0 saturated heterocycles. The molecule has 0 radical (unpaired) electrons. The van der Waals surface area contributed by atoms with E-state index in [0.29, 0.717) is 22.1 Å². The lowest BCUT2D eigenvalue weighted by Crippen LogP contribution is -2.02. The Hall–Kier alpha value is -1.50. The lowest BCUT2D eigenvalue weighted by molar-refractivity contribution is 0.275. The molecule has 7 heteroatoms. The van der Waals surface area contributed by atoms with E-state index in [2.05, 4.69) is 20.9 Å². The first kappa shape index (κ1) is 14.9. The van der Waals surface area contributed by atoms with Crippen molar-refractivity contribution in [3.8, 4) is 17.4 Å². The number of aliphatic hydroxyl groups excluding tert-OH is 1. The van der Waals surface area contributed by atoms with Crippen LogP contribution in [0.25, 0.3) is 0 Å². The zero-order valence-electron chi connectivity index (χ0n) is 10.6. The van der Waals surface area contributed by atoms with Crippen molar-refractivity contribution in [1.29, 1.82) is 0 Å². The zero-order chi connectivity index (χ0) is 14.7. The van der Waals surface area contributed by atoms with Crippen molar-refractivity contribution in [2.45, 2.75) is 6.61 Å². The van der Waals surface area contributed by atoms with Crippen LogP contribution in [0.4, 0.5) is 5.69 Å². The molecule has 0 aliphatic carbocycles. The van der Waals surface area contributed by atoms with E-state index in [1.807, 2.05) is 0 Å². The van der Waals surface area contributed by atoms with E-state index < -0.39 is 0 Å². The van der Waals surface area contributed by atoms with E-state index in [1.54, 1.807) is 18.2 Å². The minimum atomic E-state index is -0.252. The van der Waals surface area contributed by atoms with Crippen LogP contribution in [0.2, 0.25) is 5.02 Å². The fourth-order valence-electron chi connectivity index (χ4n) is 1.64. The lowest BCUT2D eigenvalue weighted by Gasteiger charge is -2.14. The first-order valence-corrected chi connectivity index (χ1v) is 6.78. The molecule has 0 fully saturated rings. The van der Waals surface area contributed by atoms with Crippen LogP contribution in [-0.2, 0) is 6.61 Å². The molecule has 3 N–H and O–H groups in total. The monoisotopic (exact) mass is 358 g/mol. The van der Waals surface area contributed by atoms with E-state index >= 15 is 0 Å². The van der Waals surface area contributed by atoms with Crippen LogP contribution in [0, 0.1) is 0 Å². The van der Waals surface area contributed by atoms with Gasteiger partial charge in [-0.15, -0.1) is 0 Å². The second-order valence-corrected chi connectivity index (χ2v) is 5.25. The Labute approximate surface area is 129 Å². The summed E-state index contributed by atoms with van der Waals surface area (Å²) in [4.78, 5) is 3.98. The number of hydrogen-bond donors (Lipinski definition) is 2. The summed E-state index contributed by atoms with van der Waals surface area (Å²) in [5, 5.41) is 9.86. The van der Waals surface area contributed by atoms with Gasteiger partial charge in [-0.05, 0) is 18.2 Å². The lowest BCUT2D eigenvalue weighted by atomic mass is 10.2. The average molecular weight is 360 g/mol. The van der Waals surface area contributed by atoms with Gasteiger partial charge in [0, 0.05) is 21.3 Å². The summed E-state index contributed by atoms with van der Waals surface area (Å²) in [5.74, 6) is 1.02. The highest BCUT2D eigenvalue weighted by Crippen LogP contribution is 2.37. The Kier molecular flexibility index (Phi) is 4.69. The van der Waals surface area contributed by atoms with E-state index in [9.17, 15) is 5.11 Å². The number of rotatable bonds is 4. The maximum Gasteiger partial charge on any atom is 0.240 e. The highest BCUT2D eigenvalue weighted by atomic mass is 79.9. The summed E-state index contributed by atoms with van der Waals surface area (Å²) in [6.07, 6.45) is 1.45. The number of aromatic nitrogens is 1. The van der Waals surface area contributed by atoms with Gasteiger partial charge in [-0.25, -0.2) is 4.98 Å². The first-order chi connectivity index (χ1) is 9.55. The Balaban J connectivity index is 2.46. The number of anilines is 1. The van der Waals surface area contributed by atoms with Gasteiger partial charge in [0.05, 0.1) is 13.7 Å². The summed E-state index contributed by atoms with van der Waals surface area (Å²) in [7, 11) is 1.46. The molecule has 0 spiro atoms. The van der Waals surface area contributed by atoms with E-state index in [0.717, 1.165) is 4.47 Å². The van der Waals surface area contributed by atoms with Crippen molar-refractivity contribution < 1.29 is 14.6 Å². The van der Waals surface area contributed by atoms with Gasteiger partial charge in [0.25, 0.3) is 0 Å². The number of hydrogen-bond acceptors (Lipinski definition) is 5. The third-order valence-electron chi connectivity index (χ3n) is 2.52. The van der Waals surface area contributed by atoms with Gasteiger partial charge in [-0.2, -0.15) is 0 Å². The van der Waals surface area contributed by atoms with E-state index in [4.69, 9.17) is 26.8 Å². The minimum absolute atomic E-state index is 0.218. The SMILES string of the molecule is COc1ncc(CO)c(Oc2cc(Cl)cc(Br)c2)c1N. The molecule has 1 heterocycles. The molecular formula is C13H12BrClN2O3. The second-order valence-electron chi connectivity index (χ2n) is 3.90. The molecule has 5 nitrogen and oxygen atoms in total. The molecule has 2 rings (SSSR count). The zero-order valence-corrected chi connectivity index (χ0v) is 12.9. The molecule has 106 valence electrons. The number of pyridine rings is 1. The maximum atomic E-state index is 9.34. The molecule has 1 aromatic heterocycles. The van der Waals surface area contributed by atoms with Crippen molar-refractivity contribution >= 4 is 33.2 Å². The standard InChI is InChI=1S/C13H12BrClN2O3/c1-19-13-11(16)12(7(6-18)5-17-13)20-10-3-8(14)2-9(15)4-10/h2-5,18H,6,16H2,1H3. The van der Waals surface area contributed by atoms with Gasteiger partial charge < -0.3 is 20.3 Å². The van der Waals surface area contributed by atoms with Gasteiger partial charge in [0.1, 0.15) is 11.4 Å². The molecule has 0 bridgehead atoms. The molecule has 0 atom stereocenters. The number of benzene rings is 1. The second kappa shape index (κ2) is 6.30. The quantitative estimate of drug-likeness (QED) is 0.875. The summed E-state index contributed by atoms with van der Waals surface area (Å²) >= 11 is 9.29. The predicted octanol–water partition coefficient (Wildman–Crippen LogP) is 3.37. The number of ether oxygens (including phenoxy) is 2. The molecular weight excluding hydrogens is 348 g/mol. The fourth-order valence-corrected chi connectivity index (χ4v) is 2.47. The largest absolute Gasteiger partial charge is 0.479 e. The number of nitrogen functional groups attached to an aromatic ring is 1. The molecule has 0 unspecified atom stereocenters. The van der Waals surface area contributed by atoms with Gasteiger partial charge in [-0.1, -0.05) is 27.5 Å². The highest BCUT2D eigenvalue weighted by Gasteiger charge is 2.15. The first-order valence-electron chi connectivity index (χ1n) is 5.61. The van der Waals surface area contributed by atoms with Crippen LogP contribution in [0.15, 0.2) is 28.9 Å². The van der Waals surface area contributed by atoms with Gasteiger partial charge in [0.15, 0.2) is 5.75 Å². The maximum absolute atomic E-state index is 9.34. The highest BCUT2D eigenvalue weighted by molar-refractivity contribution is 9.10. The van der Waals surface area contributed by atoms with Crippen molar-refractivity contribution in [3.05, 3.63) is 39.5 Å². The number of methoxy groups -OCH3 is 1. The predicted molar refractivity (Wildman–Crippen MR) is 80.4 cm³/mol. The van der Waals surface area contributed by atoms with Crippen LogP contribution >= 0.6 is 27.5 Å². The van der Waals surface area contributed by atoms with Crippen LogP contribution in [0.3, 0.4) is 0 Å². The molecule has 0 aliphatic heterocycles. The number of aliphatic hydroxyl groups is 1. The van der Waals surface area contributed by atoms with Crippen molar-refractivity contribution in [3.63, 3.8) is 0 Å². The molecule has 20 heavy (non-hydrogen) atoms. The van der Waals surface area contributed by atoms with Crippen LogP contribution in [0.5, 0.6) is 17.4 Å². The van der Waals surface area contributed by atoms with Crippen molar-refractivity contribution in [2.75, 3.05) is 12.8 Å². The third-order valence-corrected chi connectivity index (χ3v) is 3.20.